The molecule has 1 aromatic heterocycles. The normalized spacial score (nSPS) is 14.2. The molecule has 7 heteroatoms. The average Bonchev–Trinajstić information content (AvgIpc) is 3.36. The second kappa shape index (κ2) is 7.97. The minimum absolute atomic E-state index is 0.300. The Kier molecular flexibility index (Phi) is 5.22. The van der Waals surface area contributed by atoms with Crippen molar-refractivity contribution in [1.29, 1.82) is 5.41 Å². The Balaban J connectivity index is 1.51. The zero-order valence-corrected chi connectivity index (χ0v) is 16.4. The molecule has 0 spiro atoms. The minimum Gasteiger partial charge on any atom is -0.457 e. The maximum Gasteiger partial charge on any atom is 0.276 e. The summed E-state index contributed by atoms with van der Waals surface area (Å²) in [6.45, 7) is 3.27. The van der Waals surface area contributed by atoms with Crippen LogP contribution in [0.1, 0.15) is 28.9 Å². The van der Waals surface area contributed by atoms with E-state index in [1.165, 1.54) is 25.5 Å². The molecule has 2 aromatic carbocycles. The summed E-state index contributed by atoms with van der Waals surface area (Å²) in [6, 6.07) is 15.6. The molecule has 4 N–H and O–H groups in total. The molecule has 1 fully saturated rings. The van der Waals surface area contributed by atoms with Crippen molar-refractivity contribution in [2.45, 2.75) is 19.4 Å². The van der Waals surface area contributed by atoms with Gasteiger partial charge in [-0.05, 0) is 61.8 Å². The first-order chi connectivity index (χ1) is 14.0. The van der Waals surface area contributed by atoms with E-state index in [1.54, 1.807) is 6.07 Å². The number of ether oxygens (including phenoxy) is 1. The largest absolute Gasteiger partial charge is 0.457 e. The molecule has 29 heavy (non-hydrogen) atoms. The van der Waals surface area contributed by atoms with Gasteiger partial charge in [0, 0.05) is 30.6 Å². The molecular weight excluding hydrogens is 366 g/mol. The SMILES string of the molecule is CN(C(=N)N)C(=O)c1cc2ccc(Oc3cccc(CN4CCCC4)c3)cc2[nH]1. The quantitative estimate of drug-likeness (QED) is 0.458. The summed E-state index contributed by atoms with van der Waals surface area (Å²) >= 11 is 0. The number of likely N-dealkylation sites (tertiary alicyclic amines) is 1. The lowest BCUT2D eigenvalue weighted by Crippen LogP contribution is -2.38. The van der Waals surface area contributed by atoms with E-state index in [1.807, 2.05) is 30.3 Å². The zero-order valence-electron chi connectivity index (χ0n) is 16.4. The Morgan fingerprint density at radius 1 is 1.17 bits per heavy atom. The lowest BCUT2D eigenvalue weighted by molar-refractivity contribution is 0.0864. The van der Waals surface area contributed by atoms with Gasteiger partial charge in [-0.25, -0.2) is 0 Å². The van der Waals surface area contributed by atoms with Crippen LogP contribution in [0.5, 0.6) is 11.5 Å². The second-order valence-electron chi connectivity index (χ2n) is 7.41. The van der Waals surface area contributed by atoms with Gasteiger partial charge >= 0.3 is 0 Å². The number of aromatic nitrogens is 1. The summed E-state index contributed by atoms with van der Waals surface area (Å²) in [5, 5.41) is 8.30. The van der Waals surface area contributed by atoms with Crippen molar-refractivity contribution in [2.75, 3.05) is 20.1 Å². The lowest BCUT2D eigenvalue weighted by atomic mass is 10.2. The lowest BCUT2D eigenvalue weighted by Gasteiger charge is -2.15. The van der Waals surface area contributed by atoms with Crippen molar-refractivity contribution in [3.05, 3.63) is 59.8 Å². The van der Waals surface area contributed by atoms with E-state index in [9.17, 15) is 4.79 Å². The molecule has 2 heterocycles. The summed E-state index contributed by atoms with van der Waals surface area (Å²) in [6.07, 6.45) is 2.55. The van der Waals surface area contributed by atoms with Gasteiger partial charge in [-0.3, -0.25) is 20.0 Å². The number of guanidine groups is 1. The number of carbonyl (C=O) groups excluding carboxylic acids is 1. The first-order valence-electron chi connectivity index (χ1n) is 9.73. The van der Waals surface area contributed by atoms with Crippen LogP contribution in [0.15, 0.2) is 48.5 Å². The standard InChI is InChI=1S/C22H25N5O2/c1-26(22(23)24)21(28)20-12-16-7-8-18(13-19(16)25-20)29-17-6-4-5-15(11-17)14-27-9-2-3-10-27/h4-8,11-13,25H,2-3,9-10,14H2,1H3,(H3,23,24). The predicted octanol–water partition coefficient (Wildman–Crippen LogP) is 3.52. The third-order valence-corrected chi connectivity index (χ3v) is 5.23. The number of nitrogens with two attached hydrogens (primary N) is 1. The highest BCUT2D eigenvalue weighted by Gasteiger charge is 2.16. The molecule has 0 bridgehead atoms. The van der Waals surface area contributed by atoms with Crippen LogP contribution in [0, 0.1) is 5.41 Å². The summed E-state index contributed by atoms with van der Waals surface area (Å²) in [5.41, 5.74) is 7.80. The molecule has 1 aliphatic rings. The van der Waals surface area contributed by atoms with E-state index < -0.39 is 0 Å². The molecule has 0 saturated carbocycles. The van der Waals surface area contributed by atoms with Crippen molar-refractivity contribution in [3.8, 4) is 11.5 Å². The van der Waals surface area contributed by atoms with Gasteiger partial charge in [-0.1, -0.05) is 12.1 Å². The number of rotatable bonds is 5. The highest BCUT2D eigenvalue weighted by atomic mass is 16.5. The zero-order chi connectivity index (χ0) is 20.4. The van der Waals surface area contributed by atoms with Crippen LogP contribution in [0.25, 0.3) is 10.9 Å². The van der Waals surface area contributed by atoms with Crippen molar-refractivity contribution in [2.24, 2.45) is 5.73 Å². The van der Waals surface area contributed by atoms with E-state index in [0.29, 0.717) is 11.4 Å². The van der Waals surface area contributed by atoms with Gasteiger partial charge < -0.3 is 15.5 Å². The number of fused-ring (bicyclic) bond motifs is 1. The van der Waals surface area contributed by atoms with Crippen LogP contribution in [0.2, 0.25) is 0 Å². The van der Waals surface area contributed by atoms with E-state index in [0.717, 1.165) is 41.2 Å². The molecule has 0 radical (unpaired) electrons. The van der Waals surface area contributed by atoms with Gasteiger partial charge in [-0.15, -0.1) is 0 Å². The third kappa shape index (κ3) is 4.25. The first kappa shape index (κ1) is 19.0. The number of hydrogen-bond donors (Lipinski definition) is 3. The van der Waals surface area contributed by atoms with E-state index in [2.05, 4.69) is 22.0 Å². The summed E-state index contributed by atoms with van der Waals surface area (Å²) < 4.78 is 6.06. The van der Waals surface area contributed by atoms with Crippen LogP contribution in [0.3, 0.4) is 0 Å². The minimum atomic E-state index is -0.356. The molecule has 0 aliphatic carbocycles. The Morgan fingerprint density at radius 3 is 2.69 bits per heavy atom. The second-order valence-corrected chi connectivity index (χ2v) is 7.41. The number of hydrogen-bond acceptors (Lipinski definition) is 4. The topological polar surface area (TPSA) is 98.4 Å². The van der Waals surface area contributed by atoms with Crippen molar-refractivity contribution >= 4 is 22.8 Å². The molecule has 1 saturated heterocycles. The summed E-state index contributed by atoms with van der Waals surface area (Å²) in [7, 11) is 1.47. The number of carbonyl (C=O) groups is 1. The van der Waals surface area contributed by atoms with E-state index >= 15 is 0 Å². The number of benzene rings is 2. The van der Waals surface area contributed by atoms with Gasteiger partial charge in [0.1, 0.15) is 17.2 Å². The molecule has 0 atom stereocenters. The fraction of sp³-hybridized carbons (Fsp3) is 0.273. The van der Waals surface area contributed by atoms with Gasteiger partial charge in [-0.2, -0.15) is 0 Å². The van der Waals surface area contributed by atoms with Gasteiger partial charge in [0.2, 0.25) is 0 Å². The van der Waals surface area contributed by atoms with Gasteiger partial charge in [0.05, 0.1) is 0 Å². The smallest absolute Gasteiger partial charge is 0.276 e. The first-order valence-corrected chi connectivity index (χ1v) is 9.73. The van der Waals surface area contributed by atoms with E-state index in [-0.39, 0.29) is 11.9 Å². The van der Waals surface area contributed by atoms with Crippen LogP contribution in [-0.2, 0) is 6.54 Å². The van der Waals surface area contributed by atoms with Crippen LogP contribution >= 0.6 is 0 Å². The number of nitrogens with zero attached hydrogens (tertiary/aromatic N) is 2. The Bertz CT molecular complexity index is 1050. The molecule has 1 aliphatic heterocycles. The number of H-pyrrole nitrogens is 1. The van der Waals surface area contributed by atoms with E-state index in [4.69, 9.17) is 15.9 Å². The maximum atomic E-state index is 12.3. The molecular formula is C22H25N5O2. The fourth-order valence-electron chi connectivity index (χ4n) is 3.62. The molecule has 7 nitrogen and oxygen atoms in total. The number of aromatic amines is 1. The van der Waals surface area contributed by atoms with Crippen molar-refractivity contribution in [3.63, 3.8) is 0 Å². The highest BCUT2D eigenvalue weighted by Crippen LogP contribution is 2.27. The van der Waals surface area contributed by atoms with Crippen molar-refractivity contribution in [1.82, 2.24) is 14.8 Å². The van der Waals surface area contributed by atoms with Crippen molar-refractivity contribution < 1.29 is 9.53 Å². The third-order valence-electron chi connectivity index (χ3n) is 5.23. The monoisotopic (exact) mass is 391 g/mol. The molecule has 0 unspecified atom stereocenters. The Hall–Kier alpha value is -3.32. The molecule has 1 amide bonds. The van der Waals surface area contributed by atoms with Gasteiger partial charge in [0.25, 0.3) is 5.91 Å². The summed E-state index contributed by atoms with van der Waals surface area (Å²) in [4.78, 5) is 19.0. The number of amides is 1. The average molecular weight is 391 g/mol. The Labute approximate surface area is 169 Å². The predicted molar refractivity (Wildman–Crippen MR) is 113 cm³/mol. The molecule has 4 rings (SSSR count). The highest BCUT2D eigenvalue weighted by molar-refractivity contribution is 6.05. The fourth-order valence-corrected chi connectivity index (χ4v) is 3.62. The molecule has 3 aromatic rings. The maximum absolute atomic E-state index is 12.3. The van der Waals surface area contributed by atoms with Crippen LogP contribution < -0.4 is 10.5 Å². The van der Waals surface area contributed by atoms with Crippen LogP contribution in [0.4, 0.5) is 0 Å². The Morgan fingerprint density at radius 2 is 1.93 bits per heavy atom. The van der Waals surface area contributed by atoms with Crippen LogP contribution in [-0.4, -0.2) is 46.8 Å². The molecule has 150 valence electrons. The number of nitrogens with one attached hydrogen (secondary N) is 2. The van der Waals surface area contributed by atoms with Gasteiger partial charge in [0.15, 0.2) is 5.96 Å². The summed E-state index contributed by atoms with van der Waals surface area (Å²) in [5.74, 6) is 0.828.